The first-order valence-corrected chi connectivity index (χ1v) is 11.7. The van der Waals surface area contributed by atoms with E-state index in [0.29, 0.717) is 16.3 Å². The average molecular weight is 449 g/mol. The molecule has 2 aliphatic rings. The van der Waals surface area contributed by atoms with Crippen LogP contribution < -0.4 is 9.80 Å². The number of hydrogen-bond donors (Lipinski definition) is 2. The molecule has 3 aromatic rings. The number of rotatable bonds is 4. The molecule has 7 heteroatoms. The molecule has 0 bridgehead atoms. The van der Waals surface area contributed by atoms with Crippen LogP contribution in [0.25, 0.3) is 16.8 Å². The predicted molar refractivity (Wildman–Crippen MR) is 129 cm³/mol. The molecule has 0 unspecified atom stereocenters. The molecule has 0 atom stereocenters. The number of benzene rings is 2. The van der Waals surface area contributed by atoms with Gasteiger partial charge in [-0.3, -0.25) is 5.41 Å². The number of aliphatic hydroxyl groups is 1. The lowest BCUT2D eigenvalue weighted by atomic mass is 9.99. The van der Waals surface area contributed by atoms with E-state index in [9.17, 15) is 9.50 Å². The zero-order valence-corrected chi connectivity index (χ0v) is 18.7. The van der Waals surface area contributed by atoms with Gasteiger partial charge >= 0.3 is 0 Å². The molecule has 0 amide bonds. The number of thiazole rings is 1. The summed E-state index contributed by atoms with van der Waals surface area (Å²) in [7, 11) is 0. The van der Waals surface area contributed by atoms with Crippen LogP contribution in [0.15, 0.2) is 59.7 Å². The molecule has 3 heterocycles. The molecule has 1 saturated heterocycles. The summed E-state index contributed by atoms with van der Waals surface area (Å²) in [6.07, 6.45) is 2.43. The SMILES string of the molecule is CC1CCN(c2ccc(N3CC(O)=C(c4nc(-c5ccc(F)cc5)cs4)C3=N)cc2)CC1. The highest BCUT2D eigenvalue weighted by atomic mass is 32.1. The summed E-state index contributed by atoms with van der Waals surface area (Å²) in [6, 6.07) is 14.4. The van der Waals surface area contributed by atoms with Gasteiger partial charge in [-0.15, -0.1) is 11.3 Å². The average Bonchev–Trinajstić information content (AvgIpc) is 3.39. The number of hydrogen-bond acceptors (Lipinski definition) is 5. The Morgan fingerprint density at radius 1 is 1.03 bits per heavy atom. The molecular weight excluding hydrogens is 423 g/mol. The molecule has 5 rings (SSSR count). The minimum Gasteiger partial charge on any atom is -0.510 e. The largest absolute Gasteiger partial charge is 0.510 e. The fraction of sp³-hybridized carbons (Fsp3) is 0.280. The summed E-state index contributed by atoms with van der Waals surface area (Å²) >= 11 is 1.38. The van der Waals surface area contributed by atoms with E-state index in [0.717, 1.165) is 30.3 Å². The van der Waals surface area contributed by atoms with Gasteiger partial charge < -0.3 is 14.9 Å². The highest BCUT2D eigenvalue weighted by Crippen LogP contribution is 2.35. The van der Waals surface area contributed by atoms with Gasteiger partial charge in [-0.2, -0.15) is 0 Å². The molecule has 2 N–H and O–H groups in total. The Morgan fingerprint density at radius 2 is 1.69 bits per heavy atom. The van der Waals surface area contributed by atoms with Crippen LogP contribution >= 0.6 is 11.3 Å². The maximum Gasteiger partial charge on any atom is 0.139 e. The van der Waals surface area contributed by atoms with E-state index in [1.807, 2.05) is 17.5 Å². The van der Waals surface area contributed by atoms with Gasteiger partial charge in [0.05, 0.1) is 17.8 Å². The summed E-state index contributed by atoms with van der Waals surface area (Å²) in [5, 5.41) is 21.8. The van der Waals surface area contributed by atoms with E-state index in [1.54, 1.807) is 17.0 Å². The quantitative estimate of drug-likeness (QED) is 0.518. The van der Waals surface area contributed by atoms with E-state index in [2.05, 4.69) is 28.9 Å². The number of aromatic nitrogens is 1. The fourth-order valence-electron chi connectivity index (χ4n) is 4.28. The Kier molecular flexibility index (Phi) is 5.43. The Morgan fingerprint density at radius 3 is 2.38 bits per heavy atom. The van der Waals surface area contributed by atoms with Crippen LogP contribution in [-0.2, 0) is 0 Å². The monoisotopic (exact) mass is 448 g/mol. The molecule has 32 heavy (non-hydrogen) atoms. The normalized spacial score (nSPS) is 17.5. The van der Waals surface area contributed by atoms with Gasteiger partial charge in [0.2, 0.25) is 0 Å². The molecule has 1 fully saturated rings. The summed E-state index contributed by atoms with van der Waals surface area (Å²) in [4.78, 5) is 8.81. The number of aliphatic hydroxyl groups excluding tert-OH is 1. The van der Waals surface area contributed by atoms with Gasteiger partial charge in [0, 0.05) is 35.4 Å². The lowest BCUT2D eigenvalue weighted by molar-refractivity contribution is 0.411. The van der Waals surface area contributed by atoms with E-state index in [4.69, 9.17) is 5.41 Å². The van der Waals surface area contributed by atoms with Gasteiger partial charge in [0.1, 0.15) is 22.4 Å². The van der Waals surface area contributed by atoms with Gasteiger partial charge in [0.15, 0.2) is 0 Å². The molecular formula is C25H25FN4OS. The van der Waals surface area contributed by atoms with Crippen LogP contribution in [-0.4, -0.2) is 35.6 Å². The van der Waals surface area contributed by atoms with Crippen LogP contribution in [0.2, 0.25) is 0 Å². The van der Waals surface area contributed by atoms with Crippen molar-refractivity contribution in [1.29, 1.82) is 5.41 Å². The second-order valence-corrected chi connectivity index (χ2v) is 9.35. The molecule has 1 aromatic heterocycles. The second-order valence-electron chi connectivity index (χ2n) is 8.49. The van der Waals surface area contributed by atoms with Gasteiger partial charge in [-0.05, 0) is 67.3 Å². The molecule has 0 saturated carbocycles. The van der Waals surface area contributed by atoms with Crippen molar-refractivity contribution in [3.63, 3.8) is 0 Å². The van der Waals surface area contributed by atoms with Crippen molar-refractivity contribution in [1.82, 2.24) is 4.98 Å². The zero-order valence-electron chi connectivity index (χ0n) is 17.9. The van der Waals surface area contributed by atoms with Crippen molar-refractivity contribution < 1.29 is 9.50 Å². The Balaban J connectivity index is 1.33. The number of anilines is 2. The van der Waals surface area contributed by atoms with Crippen LogP contribution in [0, 0.1) is 17.1 Å². The van der Waals surface area contributed by atoms with Crippen LogP contribution in [0.1, 0.15) is 24.8 Å². The Bertz CT molecular complexity index is 1160. The summed E-state index contributed by atoms with van der Waals surface area (Å²) in [5.74, 6) is 0.877. The summed E-state index contributed by atoms with van der Waals surface area (Å²) in [5.41, 5.74) is 4.04. The van der Waals surface area contributed by atoms with E-state index >= 15 is 0 Å². The third-order valence-electron chi connectivity index (χ3n) is 6.27. The van der Waals surface area contributed by atoms with Crippen LogP contribution in [0.3, 0.4) is 0 Å². The molecule has 164 valence electrons. The van der Waals surface area contributed by atoms with E-state index < -0.39 is 0 Å². The minimum atomic E-state index is -0.293. The molecule has 5 nitrogen and oxygen atoms in total. The zero-order chi connectivity index (χ0) is 22.2. The molecule has 2 aromatic carbocycles. The number of piperidine rings is 1. The smallest absolute Gasteiger partial charge is 0.139 e. The third kappa shape index (κ3) is 3.88. The first-order chi connectivity index (χ1) is 15.5. The van der Waals surface area contributed by atoms with E-state index in [1.165, 1.54) is 42.0 Å². The van der Waals surface area contributed by atoms with E-state index in [-0.39, 0.29) is 24.0 Å². The van der Waals surface area contributed by atoms with Gasteiger partial charge in [-0.25, -0.2) is 9.37 Å². The van der Waals surface area contributed by atoms with Gasteiger partial charge in [-0.1, -0.05) is 6.92 Å². The van der Waals surface area contributed by atoms with Crippen molar-refractivity contribution in [3.05, 3.63) is 70.5 Å². The van der Waals surface area contributed by atoms with Gasteiger partial charge in [0.25, 0.3) is 0 Å². The standard InChI is InChI=1S/C25H25FN4OS/c1-16-10-12-29(13-11-16)19-6-8-20(9-7-19)30-14-22(31)23(24(30)27)25-28-21(15-32-25)17-2-4-18(26)5-3-17/h2-9,15-16,27,31H,10-14H2,1H3. The van der Waals surface area contributed by atoms with Crippen molar-refractivity contribution in [3.8, 4) is 11.3 Å². The number of halogens is 1. The maximum absolute atomic E-state index is 13.2. The maximum atomic E-state index is 13.2. The summed E-state index contributed by atoms with van der Waals surface area (Å²) in [6.45, 7) is 4.71. The molecule has 2 aliphatic heterocycles. The second kappa shape index (κ2) is 8.39. The molecule has 0 aliphatic carbocycles. The Hall–Kier alpha value is -3.19. The first-order valence-electron chi connectivity index (χ1n) is 10.8. The topological polar surface area (TPSA) is 63.5 Å². The minimum absolute atomic E-state index is 0.143. The van der Waals surface area contributed by atoms with Crippen molar-refractivity contribution in [2.45, 2.75) is 19.8 Å². The lowest BCUT2D eigenvalue weighted by Crippen LogP contribution is -2.32. The third-order valence-corrected chi connectivity index (χ3v) is 7.13. The molecule has 0 radical (unpaired) electrons. The van der Waals surface area contributed by atoms with Crippen LogP contribution in [0.4, 0.5) is 15.8 Å². The Labute approximate surface area is 191 Å². The number of nitrogens with zero attached hydrogens (tertiary/aromatic N) is 3. The fourth-order valence-corrected chi connectivity index (χ4v) is 5.17. The predicted octanol–water partition coefficient (Wildman–Crippen LogP) is 5.95. The summed E-state index contributed by atoms with van der Waals surface area (Å²) < 4.78 is 13.2. The van der Waals surface area contributed by atoms with Crippen LogP contribution in [0.5, 0.6) is 0 Å². The van der Waals surface area contributed by atoms with Crippen molar-refractivity contribution in [2.75, 3.05) is 29.4 Å². The molecule has 0 spiro atoms. The number of nitrogens with one attached hydrogen (secondary N) is 1. The highest BCUT2D eigenvalue weighted by molar-refractivity contribution is 7.11. The first kappa shape index (κ1) is 20.7. The van der Waals surface area contributed by atoms with Crippen molar-refractivity contribution >= 4 is 34.1 Å². The lowest BCUT2D eigenvalue weighted by Gasteiger charge is -2.32. The number of amidine groups is 1. The highest BCUT2D eigenvalue weighted by Gasteiger charge is 2.31. The van der Waals surface area contributed by atoms with Crippen molar-refractivity contribution in [2.24, 2.45) is 5.92 Å².